The number of carbonyl (C=O) groups is 2. The molecule has 29 heavy (non-hydrogen) atoms. The summed E-state index contributed by atoms with van der Waals surface area (Å²) in [5.74, 6) is -0.945. The van der Waals surface area contributed by atoms with Gasteiger partial charge in [-0.1, -0.05) is 6.07 Å². The van der Waals surface area contributed by atoms with Crippen LogP contribution in [-0.4, -0.2) is 50.7 Å². The molecule has 154 valence electrons. The van der Waals surface area contributed by atoms with E-state index in [1.165, 1.54) is 30.1 Å². The van der Waals surface area contributed by atoms with Crippen LogP contribution in [0.25, 0.3) is 0 Å². The number of halogens is 2. The Morgan fingerprint density at radius 2 is 1.76 bits per heavy atom. The van der Waals surface area contributed by atoms with Crippen molar-refractivity contribution >= 4 is 17.6 Å². The van der Waals surface area contributed by atoms with Gasteiger partial charge in [-0.25, -0.2) is 13.6 Å². The van der Waals surface area contributed by atoms with E-state index in [4.69, 9.17) is 9.47 Å². The molecule has 3 amide bonds. The second-order valence-corrected chi connectivity index (χ2v) is 6.37. The molecule has 1 N–H and O–H groups in total. The Labute approximate surface area is 166 Å². The summed E-state index contributed by atoms with van der Waals surface area (Å²) in [6, 6.07) is 8.25. The van der Waals surface area contributed by atoms with Crippen molar-refractivity contribution in [1.82, 2.24) is 10.2 Å². The number of anilines is 1. The fraction of sp³-hybridized carbons (Fsp3) is 0.300. The Kier molecular flexibility index (Phi) is 6.16. The van der Waals surface area contributed by atoms with Crippen LogP contribution in [-0.2, 0) is 11.3 Å². The average molecular weight is 405 g/mol. The molecule has 0 aliphatic carbocycles. The second-order valence-electron chi connectivity index (χ2n) is 6.37. The van der Waals surface area contributed by atoms with E-state index in [0.717, 1.165) is 12.1 Å². The van der Waals surface area contributed by atoms with Crippen molar-refractivity contribution in [2.24, 2.45) is 0 Å². The second kappa shape index (κ2) is 8.76. The van der Waals surface area contributed by atoms with Crippen molar-refractivity contribution in [2.75, 3.05) is 38.8 Å². The molecule has 7 nitrogen and oxygen atoms in total. The number of nitrogens with zero attached hydrogens (tertiary/aromatic N) is 2. The van der Waals surface area contributed by atoms with Gasteiger partial charge in [0.1, 0.15) is 18.2 Å². The van der Waals surface area contributed by atoms with Gasteiger partial charge in [0.05, 0.1) is 14.2 Å². The van der Waals surface area contributed by atoms with E-state index < -0.39 is 17.5 Å². The fourth-order valence-corrected chi connectivity index (χ4v) is 3.08. The van der Waals surface area contributed by atoms with Gasteiger partial charge in [0.25, 0.3) is 0 Å². The van der Waals surface area contributed by atoms with E-state index >= 15 is 0 Å². The van der Waals surface area contributed by atoms with Crippen LogP contribution in [0.1, 0.15) is 5.56 Å². The third kappa shape index (κ3) is 4.39. The minimum absolute atomic E-state index is 0.210. The first-order chi connectivity index (χ1) is 13.9. The summed E-state index contributed by atoms with van der Waals surface area (Å²) < 4.78 is 37.7. The maximum atomic E-state index is 13.6. The monoisotopic (exact) mass is 405 g/mol. The molecule has 1 heterocycles. The lowest BCUT2D eigenvalue weighted by molar-refractivity contribution is -0.121. The number of amides is 3. The van der Waals surface area contributed by atoms with Gasteiger partial charge in [0.2, 0.25) is 5.91 Å². The predicted molar refractivity (Wildman–Crippen MR) is 102 cm³/mol. The van der Waals surface area contributed by atoms with Crippen LogP contribution >= 0.6 is 0 Å². The minimum atomic E-state index is -0.734. The van der Waals surface area contributed by atoms with Crippen LogP contribution in [0.15, 0.2) is 36.4 Å². The van der Waals surface area contributed by atoms with Crippen LogP contribution in [0.3, 0.4) is 0 Å². The number of methoxy groups -OCH3 is 2. The van der Waals surface area contributed by atoms with Gasteiger partial charge in [-0.3, -0.25) is 9.69 Å². The molecule has 2 aromatic rings. The molecule has 2 aromatic carbocycles. The average Bonchev–Trinajstić information content (AvgIpc) is 3.07. The summed E-state index contributed by atoms with van der Waals surface area (Å²) in [6.45, 7) is 0.232. The highest BCUT2D eigenvalue weighted by atomic mass is 19.1. The molecule has 1 aliphatic heterocycles. The van der Waals surface area contributed by atoms with Gasteiger partial charge in [0.15, 0.2) is 11.5 Å². The third-order valence-corrected chi connectivity index (χ3v) is 4.63. The summed E-state index contributed by atoms with van der Waals surface area (Å²) >= 11 is 0. The van der Waals surface area contributed by atoms with E-state index in [0.29, 0.717) is 30.3 Å². The largest absolute Gasteiger partial charge is 0.493 e. The standard InChI is InChI=1S/C20H21F2N3O4/c1-28-17-7-6-13(10-18(17)29-2)25-9-8-24(20(25)27)12-19(26)23-11-14-15(21)4-3-5-16(14)22/h3-7,10H,8-9,11-12H2,1-2H3,(H,23,26). The first kappa shape index (κ1) is 20.4. The summed E-state index contributed by atoms with van der Waals surface area (Å²) in [5, 5.41) is 2.45. The zero-order chi connectivity index (χ0) is 21.0. The van der Waals surface area contributed by atoms with Gasteiger partial charge >= 0.3 is 6.03 Å². The predicted octanol–water partition coefficient (Wildman–Crippen LogP) is 2.54. The van der Waals surface area contributed by atoms with Crippen molar-refractivity contribution in [3.8, 4) is 11.5 Å². The van der Waals surface area contributed by atoms with Gasteiger partial charge < -0.3 is 19.7 Å². The SMILES string of the molecule is COc1ccc(N2CCN(CC(=O)NCc3c(F)cccc3F)C2=O)cc1OC. The topological polar surface area (TPSA) is 71.1 Å². The molecule has 0 saturated carbocycles. The third-order valence-electron chi connectivity index (χ3n) is 4.63. The molecule has 0 unspecified atom stereocenters. The Morgan fingerprint density at radius 3 is 2.41 bits per heavy atom. The van der Waals surface area contributed by atoms with Crippen LogP contribution < -0.4 is 19.7 Å². The van der Waals surface area contributed by atoms with Crippen molar-refractivity contribution in [1.29, 1.82) is 0 Å². The van der Waals surface area contributed by atoms with E-state index in [1.54, 1.807) is 18.2 Å². The number of benzene rings is 2. The molecule has 1 aliphatic rings. The molecule has 0 spiro atoms. The zero-order valence-corrected chi connectivity index (χ0v) is 16.1. The quantitative estimate of drug-likeness (QED) is 0.769. The van der Waals surface area contributed by atoms with Crippen LogP contribution in [0.5, 0.6) is 11.5 Å². The molecule has 0 radical (unpaired) electrons. The maximum absolute atomic E-state index is 13.6. The number of ether oxygens (including phenoxy) is 2. The van der Waals surface area contributed by atoms with Gasteiger partial charge in [-0.2, -0.15) is 0 Å². The molecule has 1 saturated heterocycles. The number of urea groups is 1. The van der Waals surface area contributed by atoms with Crippen molar-refractivity contribution in [3.05, 3.63) is 53.6 Å². The molecule has 0 aromatic heterocycles. The molecule has 1 fully saturated rings. The molecule has 0 atom stereocenters. The van der Waals surface area contributed by atoms with Gasteiger partial charge in [-0.15, -0.1) is 0 Å². The first-order valence-electron chi connectivity index (χ1n) is 8.92. The smallest absolute Gasteiger partial charge is 0.325 e. The normalized spacial score (nSPS) is 13.6. The number of hydrogen-bond acceptors (Lipinski definition) is 4. The number of nitrogens with one attached hydrogen (secondary N) is 1. The lowest BCUT2D eigenvalue weighted by Gasteiger charge is -2.19. The minimum Gasteiger partial charge on any atom is -0.493 e. The Bertz CT molecular complexity index is 902. The van der Waals surface area contributed by atoms with E-state index in [1.807, 2.05) is 0 Å². The highest BCUT2D eigenvalue weighted by Gasteiger charge is 2.31. The molecular formula is C20H21F2N3O4. The molecule has 3 rings (SSSR count). The molecular weight excluding hydrogens is 384 g/mol. The summed E-state index contributed by atoms with van der Waals surface area (Å²) in [5.41, 5.74) is 0.393. The summed E-state index contributed by atoms with van der Waals surface area (Å²) in [7, 11) is 3.02. The van der Waals surface area contributed by atoms with Gasteiger partial charge in [-0.05, 0) is 24.3 Å². The molecule has 0 bridgehead atoms. The van der Waals surface area contributed by atoms with Crippen molar-refractivity contribution in [2.45, 2.75) is 6.54 Å². The Hall–Kier alpha value is -3.36. The van der Waals surface area contributed by atoms with Crippen molar-refractivity contribution < 1.29 is 27.8 Å². The van der Waals surface area contributed by atoms with Crippen LogP contribution in [0.4, 0.5) is 19.3 Å². The summed E-state index contributed by atoms with van der Waals surface area (Å²) in [4.78, 5) is 27.7. The highest BCUT2D eigenvalue weighted by molar-refractivity contribution is 5.96. The van der Waals surface area contributed by atoms with Crippen LogP contribution in [0.2, 0.25) is 0 Å². The van der Waals surface area contributed by atoms with E-state index in [2.05, 4.69) is 5.32 Å². The Balaban J connectivity index is 1.61. The fourth-order valence-electron chi connectivity index (χ4n) is 3.08. The lowest BCUT2D eigenvalue weighted by Crippen LogP contribution is -2.40. The number of carbonyl (C=O) groups excluding carboxylic acids is 2. The molecule has 9 heteroatoms. The first-order valence-corrected chi connectivity index (χ1v) is 8.92. The number of hydrogen-bond donors (Lipinski definition) is 1. The van der Waals surface area contributed by atoms with E-state index in [9.17, 15) is 18.4 Å². The highest BCUT2D eigenvalue weighted by Crippen LogP contribution is 2.32. The lowest BCUT2D eigenvalue weighted by atomic mass is 10.2. The number of rotatable bonds is 7. The van der Waals surface area contributed by atoms with Crippen molar-refractivity contribution in [3.63, 3.8) is 0 Å². The van der Waals surface area contributed by atoms with Gasteiger partial charge in [0, 0.05) is 37.0 Å². The Morgan fingerprint density at radius 1 is 1.07 bits per heavy atom. The van der Waals surface area contributed by atoms with E-state index in [-0.39, 0.29) is 24.7 Å². The maximum Gasteiger partial charge on any atom is 0.325 e. The zero-order valence-electron chi connectivity index (χ0n) is 16.1. The van der Waals surface area contributed by atoms with Crippen LogP contribution in [0, 0.1) is 11.6 Å². The summed E-state index contributed by atoms with van der Waals surface area (Å²) in [6.07, 6.45) is 0.